The lowest BCUT2D eigenvalue weighted by atomic mass is 10.0. The maximum Gasteiger partial charge on any atom is 0.250 e. The van der Waals surface area contributed by atoms with E-state index in [1.54, 1.807) is 16.7 Å². The molecule has 0 spiro atoms. The van der Waals surface area contributed by atoms with Gasteiger partial charge in [0.25, 0.3) is 5.56 Å². The first-order valence-electron chi connectivity index (χ1n) is 6.06. The van der Waals surface area contributed by atoms with Crippen LogP contribution in [0.3, 0.4) is 0 Å². The molecule has 0 aliphatic heterocycles. The fraction of sp³-hybridized carbons (Fsp3) is 0.267. The lowest BCUT2D eigenvalue weighted by Crippen LogP contribution is -2.18. The third-order valence-corrected chi connectivity index (χ3v) is 3.62. The fourth-order valence-electron chi connectivity index (χ4n) is 1.84. The van der Waals surface area contributed by atoms with E-state index in [2.05, 4.69) is 43.8 Å². The van der Waals surface area contributed by atoms with E-state index >= 15 is 0 Å². The molecule has 0 amide bonds. The molecule has 1 atom stereocenters. The first-order chi connectivity index (χ1) is 8.70. The Morgan fingerprint density at radius 1 is 1.17 bits per heavy atom. The second kappa shape index (κ2) is 5.91. The van der Waals surface area contributed by atoms with Crippen molar-refractivity contribution in [2.75, 3.05) is 5.75 Å². The maximum atomic E-state index is 11.6. The second-order valence-electron chi connectivity index (χ2n) is 4.49. The van der Waals surface area contributed by atoms with Gasteiger partial charge in [-0.1, -0.05) is 37.3 Å². The van der Waals surface area contributed by atoms with Crippen molar-refractivity contribution in [3.8, 4) is 0 Å². The zero-order valence-electron chi connectivity index (χ0n) is 10.4. The van der Waals surface area contributed by atoms with Gasteiger partial charge in [-0.3, -0.25) is 4.79 Å². The van der Waals surface area contributed by atoms with Gasteiger partial charge in [-0.25, -0.2) is 0 Å². The minimum absolute atomic E-state index is 0.0327. The highest BCUT2D eigenvalue weighted by atomic mass is 32.1. The summed E-state index contributed by atoms with van der Waals surface area (Å²) in [5.41, 5.74) is 2.46. The van der Waals surface area contributed by atoms with Gasteiger partial charge < -0.3 is 4.57 Å². The Morgan fingerprint density at radius 2 is 1.89 bits per heavy atom. The van der Waals surface area contributed by atoms with Crippen LogP contribution in [0.2, 0.25) is 0 Å². The number of pyridine rings is 1. The zero-order chi connectivity index (χ0) is 13.0. The summed E-state index contributed by atoms with van der Waals surface area (Å²) in [6, 6.07) is 13.6. The van der Waals surface area contributed by atoms with Crippen molar-refractivity contribution in [2.24, 2.45) is 0 Å². The molecule has 0 saturated heterocycles. The SMILES string of the molecule is CC(CS)c1ccc(Cn2ccccc2=O)cc1. The number of aromatic nitrogens is 1. The van der Waals surface area contributed by atoms with Crippen molar-refractivity contribution in [2.45, 2.75) is 19.4 Å². The van der Waals surface area contributed by atoms with Crippen molar-refractivity contribution in [1.82, 2.24) is 4.57 Å². The van der Waals surface area contributed by atoms with Gasteiger partial charge in [-0.05, 0) is 28.9 Å². The number of benzene rings is 1. The largest absolute Gasteiger partial charge is 0.311 e. The summed E-state index contributed by atoms with van der Waals surface area (Å²) in [6.45, 7) is 2.78. The first-order valence-corrected chi connectivity index (χ1v) is 6.69. The van der Waals surface area contributed by atoms with Crippen LogP contribution in [0.15, 0.2) is 53.5 Å². The average Bonchev–Trinajstić information content (AvgIpc) is 2.41. The van der Waals surface area contributed by atoms with Crippen LogP contribution in [0.1, 0.15) is 24.0 Å². The van der Waals surface area contributed by atoms with E-state index in [-0.39, 0.29) is 5.56 Å². The normalized spacial score (nSPS) is 12.3. The predicted octanol–water partition coefficient (Wildman–Crippen LogP) is 2.93. The van der Waals surface area contributed by atoms with Crippen LogP contribution in [-0.4, -0.2) is 10.3 Å². The van der Waals surface area contributed by atoms with Gasteiger partial charge in [0.1, 0.15) is 0 Å². The van der Waals surface area contributed by atoms with Gasteiger partial charge in [-0.2, -0.15) is 12.6 Å². The van der Waals surface area contributed by atoms with Crippen molar-refractivity contribution >= 4 is 12.6 Å². The van der Waals surface area contributed by atoms with E-state index in [0.717, 1.165) is 11.3 Å². The summed E-state index contributed by atoms with van der Waals surface area (Å²) in [4.78, 5) is 11.6. The van der Waals surface area contributed by atoms with Gasteiger partial charge >= 0.3 is 0 Å². The molecule has 0 aliphatic rings. The molecule has 2 rings (SSSR count). The van der Waals surface area contributed by atoms with Gasteiger partial charge in [0.2, 0.25) is 0 Å². The quantitative estimate of drug-likeness (QED) is 0.838. The second-order valence-corrected chi connectivity index (χ2v) is 4.86. The molecule has 1 aromatic carbocycles. The summed E-state index contributed by atoms with van der Waals surface area (Å²) >= 11 is 4.30. The molecule has 1 heterocycles. The van der Waals surface area contributed by atoms with Crippen LogP contribution in [0.4, 0.5) is 0 Å². The van der Waals surface area contributed by atoms with Crippen molar-refractivity contribution in [3.05, 3.63) is 70.1 Å². The summed E-state index contributed by atoms with van der Waals surface area (Å²) in [5.74, 6) is 1.30. The molecule has 2 nitrogen and oxygen atoms in total. The molecule has 0 saturated carbocycles. The van der Waals surface area contributed by atoms with Crippen molar-refractivity contribution < 1.29 is 0 Å². The molecule has 2 aromatic rings. The average molecular weight is 259 g/mol. The molecule has 0 fully saturated rings. The van der Waals surface area contributed by atoms with E-state index in [0.29, 0.717) is 12.5 Å². The number of rotatable bonds is 4. The summed E-state index contributed by atoms with van der Waals surface area (Å²) in [5, 5.41) is 0. The molecule has 0 N–H and O–H groups in total. The highest BCUT2D eigenvalue weighted by Crippen LogP contribution is 2.17. The zero-order valence-corrected chi connectivity index (χ0v) is 11.3. The molecule has 1 unspecified atom stereocenters. The minimum atomic E-state index is 0.0327. The molecule has 3 heteroatoms. The Morgan fingerprint density at radius 3 is 2.50 bits per heavy atom. The molecule has 0 radical (unpaired) electrons. The Bertz CT molecular complexity index is 559. The lowest BCUT2D eigenvalue weighted by Gasteiger charge is -2.10. The summed E-state index contributed by atoms with van der Waals surface area (Å²) in [7, 11) is 0. The van der Waals surface area contributed by atoms with Gasteiger partial charge in [0.15, 0.2) is 0 Å². The lowest BCUT2D eigenvalue weighted by molar-refractivity contribution is 0.758. The molecule has 94 valence electrons. The fourth-order valence-corrected chi connectivity index (χ4v) is 2.06. The molecular formula is C15H17NOS. The molecule has 0 bridgehead atoms. The van der Waals surface area contributed by atoms with Gasteiger partial charge in [0.05, 0.1) is 6.54 Å². The summed E-state index contributed by atoms with van der Waals surface area (Å²) in [6.07, 6.45) is 1.81. The van der Waals surface area contributed by atoms with E-state index in [1.165, 1.54) is 5.56 Å². The van der Waals surface area contributed by atoms with Crippen LogP contribution in [0.5, 0.6) is 0 Å². The van der Waals surface area contributed by atoms with E-state index < -0.39 is 0 Å². The van der Waals surface area contributed by atoms with Gasteiger partial charge in [-0.15, -0.1) is 0 Å². The van der Waals surface area contributed by atoms with Crippen LogP contribution < -0.4 is 5.56 Å². The van der Waals surface area contributed by atoms with E-state index in [4.69, 9.17) is 0 Å². The maximum absolute atomic E-state index is 11.6. The minimum Gasteiger partial charge on any atom is -0.311 e. The number of thiol groups is 1. The number of nitrogens with zero attached hydrogens (tertiary/aromatic N) is 1. The van der Waals surface area contributed by atoms with E-state index in [9.17, 15) is 4.79 Å². The highest BCUT2D eigenvalue weighted by molar-refractivity contribution is 7.80. The molecular weight excluding hydrogens is 242 g/mol. The molecule has 1 aromatic heterocycles. The van der Waals surface area contributed by atoms with Crippen LogP contribution >= 0.6 is 12.6 Å². The monoisotopic (exact) mass is 259 g/mol. The van der Waals surface area contributed by atoms with Crippen molar-refractivity contribution in [3.63, 3.8) is 0 Å². The van der Waals surface area contributed by atoms with E-state index in [1.807, 2.05) is 12.3 Å². The van der Waals surface area contributed by atoms with Crippen LogP contribution in [0.25, 0.3) is 0 Å². The topological polar surface area (TPSA) is 22.0 Å². The predicted molar refractivity (Wildman–Crippen MR) is 78.5 cm³/mol. The molecule has 18 heavy (non-hydrogen) atoms. The van der Waals surface area contributed by atoms with Crippen LogP contribution in [0, 0.1) is 0 Å². The third-order valence-electron chi connectivity index (χ3n) is 3.07. The van der Waals surface area contributed by atoms with Crippen LogP contribution in [-0.2, 0) is 6.54 Å². The van der Waals surface area contributed by atoms with Gasteiger partial charge in [0, 0.05) is 12.3 Å². The Kier molecular flexibility index (Phi) is 4.26. The number of hydrogen-bond acceptors (Lipinski definition) is 2. The Balaban J connectivity index is 2.16. The highest BCUT2D eigenvalue weighted by Gasteiger charge is 2.03. The van der Waals surface area contributed by atoms with Crippen molar-refractivity contribution in [1.29, 1.82) is 0 Å². The summed E-state index contributed by atoms with van der Waals surface area (Å²) < 4.78 is 1.71. The molecule has 0 aliphatic carbocycles. The Hall–Kier alpha value is -1.48. The standard InChI is InChI=1S/C15H17NOS/c1-12(11-18)14-7-5-13(6-8-14)10-16-9-3-2-4-15(16)17/h2-9,12,18H,10-11H2,1H3. The Labute approximate surface area is 113 Å². The number of hydrogen-bond donors (Lipinski definition) is 1. The smallest absolute Gasteiger partial charge is 0.250 e. The first kappa shape index (κ1) is 13.0. The third kappa shape index (κ3) is 3.05.